The van der Waals surface area contributed by atoms with Crippen LogP contribution in [0, 0.1) is 0 Å². The second kappa shape index (κ2) is 8.79. The molecule has 7 heteroatoms. The molecule has 0 heterocycles. The van der Waals surface area contributed by atoms with Gasteiger partial charge in [0, 0.05) is 5.56 Å². The predicted octanol–water partition coefficient (Wildman–Crippen LogP) is -3.19. The molecule has 0 aliphatic rings. The zero-order valence-corrected chi connectivity index (χ0v) is 11.2. The molecule has 1 rings (SSSR count). The first-order valence-corrected chi connectivity index (χ1v) is 6.23. The van der Waals surface area contributed by atoms with E-state index in [9.17, 15) is 9.59 Å². The molecule has 1 aromatic carbocycles. The average Bonchev–Trinajstić information content (AvgIpc) is 2.35. The first-order valence-electron chi connectivity index (χ1n) is 5.08. The van der Waals surface area contributed by atoms with Crippen LogP contribution in [0.5, 0.6) is 0 Å². The fraction of sp³-hybridized carbons (Fsp3) is 0.273. The predicted molar refractivity (Wildman–Crippen MR) is 65.5 cm³/mol. The minimum Gasteiger partial charge on any atom is -1.00 e. The van der Waals surface area contributed by atoms with Crippen LogP contribution in [-0.4, -0.2) is 34.7 Å². The maximum atomic E-state index is 11.6. The van der Waals surface area contributed by atoms with E-state index >= 15 is 0 Å². The summed E-state index contributed by atoms with van der Waals surface area (Å²) >= 11 is 1.34. The molecule has 0 fully saturated rings. The molecule has 0 spiro atoms. The lowest BCUT2D eigenvalue weighted by Crippen LogP contribution is -3.00. The van der Waals surface area contributed by atoms with Crippen molar-refractivity contribution in [2.24, 2.45) is 0 Å². The molecule has 0 bridgehead atoms. The maximum absolute atomic E-state index is 11.6. The van der Waals surface area contributed by atoms with Crippen LogP contribution in [0.4, 0.5) is 0 Å². The smallest absolute Gasteiger partial charge is 0.363 e. The van der Waals surface area contributed by atoms with Gasteiger partial charge in [0.15, 0.2) is 6.04 Å². The van der Waals surface area contributed by atoms with Gasteiger partial charge in [-0.05, 0) is 12.1 Å². The van der Waals surface area contributed by atoms with E-state index in [4.69, 9.17) is 5.11 Å². The summed E-state index contributed by atoms with van der Waals surface area (Å²) in [5, 5.41) is 11.3. The highest BCUT2D eigenvalue weighted by atomic mass is 35.5. The average molecular weight is 291 g/mol. The summed E-state index contributed by atoms with van der Waals surface area (Å²) in [6.45, 7) is 0. The van der Waals surface area contributed by atoms with Gasteiger partial charge in [0.25, 0.3) is 5.91 Å². The van der Waals surface area contributed by atoms with Crippen LogP contribution in [0.1, 0.15) is 10.4 Å². The molecule has 5 N–H and O–H groups in total. The molecule has 1 atom stereocenters. The highest BCUT2D eigenvalue weighted by molar-refractivity contribution is 7.99. The van der Waals surface area contributed by atoms with Crippen LogP contribution in [0.3, 0.4) is 0 Å². The van der Waals surface area contributed by atoms with Gasteiger partial charge in [0.2, 0.25) is 0 Å². The van der Waals surface area contributed by atoms with Crippen LogP contribution >= 0.6 is 11.8 Å². The minimum absolute atomic E-state index is 0. The highest BCUT2D eigenvalue weighted by Crippen LogP contribution is 2.01. The van der Waals surface area contributed by atoms with Crippen molar-refractivity contribution in [3.63, 3.8) is 0 Å². The Bertz CT molecular complexity index is 389. The third-order valence-electron chi connectivity index (χ3n) is 2.04. The molecule has 100 valence electrons. The molecule has 1 aromatic rings. The van der Waals surface area contributed by atoms with E-state index in [2.05, 4.69) is 11.1 Å². The number of halogens is 1. The first-order chi connectivity index (χ1) is 8.11. The molecule has 0 saturated carbocycles. The SMILES string of the molecule is [Cl-].[NH3+][C@H](CSCNC(=O)c1ccccc1)C(=O)O. The Morgan fingerprint density at radius 1 is 1.33 bits per heavy atom. The molecular formula is C11H15ClN2O3S. The molecule has 0 saturated heterocycles. The minimum atomic E-state index is -0.924. The van der Waals surface area contributed by atoms with Crippen LogP contribution in [0.2, 0.25) is 0 Å². The number of nitrogens with one attached hydrogen (secondary N) is 1. The summed E-state index contributed by atoms with van der Waals surface area (Å²) in [6, 6.07) is 8.22. The number of thioether (sulfide) groups is 1. The Kier molecular flexibility index (Phi) is 8.19. The van der Waals surface area contributed by atoms with E-state index in [-0.39, 0.29) is 18.3 Å². The molecule has 0 aliphatic heterocycles. The number of carbonyl (C=O) groups excluding carboxylic acids is 1. The lowest BCUT2D eigenvalue weighted by atomic mass is 10.2. The fourth-order valence-corrected chi connectivity index (χ4v) is 1.86. The van der Waals surface area contributed by atoms with Gasteiger partial charge in [-0.25, -0.2) is 4.79 Å². The molecule has 0 radical (unpaired) electrons. The van der Waals surface area contributed by atoms with E-state index in [1.165, 1.54) is 11.8 Å². The van der Waals surface area contributed by atoms with Crippen molar-refractivity contribution in [3.8, 4) is 0 Å². The Labute approximate surface area is 116 Å². The number of quaternary nitrogens is 1. The van der Waals surface area contributed by atoms with Crippen LogP contribution in [-0.2, 0) is 4.79 Å². The number of hydrogen-bond acceptors (Lipinski definition) is 3. The Morgan fingerprint density at radius 3 is 2.50 bits per heavy atom. The monoisotopic (exact) mass is 290 g/mol. The van der Waals surface area contributed by atoms with E-state index in [1.54, 1.807) is 24.3 Å². The highest BCUT2D eigenvalue weighted by Gasteiger charge is 2.14. The Balaban J connectivity index is 0.00000289. The van der Waals surface area contributed by atoms with Gasteiger partial charge in [-0.2, -0.15) is 0 Å². The zero-order valence-electron chi connectivity index (χ0n) is 9.64. The van der Waals surface area contributed by atoms with Gasteiger partial charge < -0.3 is 28.6 Å². The summed E-state index contributed by atoms with van der Waals surface area (Å²) < 4.78 is 0. The topological polar surface area (TPSA) is 94.0 Å². The van der Waals surface area contributed by atoms with Crippen molar-refractivity contribution >= 4 is 23.6 Å². The number of hydrogen-bond donors (Lipinski definition) is 3. The van der Waals surface area contributed by atoms with Gasteiger partial charge in [0.05, 0.1) is 11.6 Å². The summed E-state index contributed by atoms with van der Waals surface area (Å²) in [6.07, 6.45) is 0. The number of carboxylic acid groups (broad SMARTS) is 1. The van der Waals surface area contributed by atoms with Gasteiger partial charge in [-0.1, -0.05) is 18.2 Å². The maximum Gasteiger partial charge on any atom is 0.363 e. The summed E-state index contributed by atoms with van der Waals surface area (Å²) in [4.78, 5) is 22.1. The molecule has 0 aromatic heterocycles. The molecular weight excluding hydrogens is 276 g/mol. The van der Waals surface area contributed by atoms with E-state index in [0.717, 1.165) is 0 Å². The second-order valence-corrected chi connectivity index (χ2v) is 4.45. The van der Waals surface area contributed by atoms with Crippen molar-refractivity contribution in [1.29, 1.82) is 0 Å². The molecule has 0 unspecified atom stereocenters. The Hall–Kier alpha value is -1.24. The molecule has 1 amide bonds. The third-order valence-corrected chi connectivity index (χ3v) is 3.03. The summed E-state index contributed by atoms with van der Waals surface area (Å²) in [5.41, 5.74) is 4.07. The number of aliphatic carboxylic acids is 1. The van der Waals surface area contributed by atoms with Gasteiger partial charge in [0.1, 0.15) is 0 Å². The summed E-state index contributed by atoms with van der Waals surface area (Å²) in [5.74, 6) is -0.321. The standard InChI is InChI=1S/C11H14N2O3S.ClH/c12-9(11(15)16)6-17-7-13-10(14)8-4-2-1-3-5-8;/h1-5,9H,6-7,12H2,(H,13,14)(H,15,16);1H/t9-;/m1./s1. The number of benzene rings is 1. The fourth-order valence-electron chi connectivity index (χ4n) is 1.08. The molecule has 5 nitrogen and oxygen atoms in total. The third kappa shape index (κ3) is 5.90. The van der Waals surface area contributed by atoms with Crippen LogP contribution in [0.15, 0.2) is 30.3 Å². The van der Waals surface area contributed by atoms with Crippen molar-refractivity contribution < 1.29 is 32.8 Å². The number of carbonyl (C=O) groups is 2. The van der Waals surface area contributed by atoms with Gasteiger partial charge in [-0.15, -0.1) is 11.8 Å². The molecule has 0 aliphatic carbocycles. The van der Waals surface area contributed by atoms with E-state index < -0.39 is 12.0 Å². The normalized spacial score (nSPS) is 11.2. The van der Waals surface area contributed by atoms with Crippen molar-refractivity contribution in [2.45, 2.75) is 6.04 Å². The number of rotatable bonds is 6. The lowest BCUT2D eigenvalue weighted by molar-refractivity contribution is -0.400. The zero-order chi connectivity index (χ0) is 12.7. The van der Waals surface area contributed by atoms with Crippen LogP contribution in [0.25, 0.3) is 0 Å². The first kappa shape index (κ1) is 16.8. The van der Waals surface area contributed by atoms with Gasteiger partial charge in [-0.3, -0.25) is 4.79 Å². The lowest BCUT2D eigenvalue weighted by Gasteiger charge is -2.05. The van der Waals surface area contributed by atoms with E-state index in [1.807, 2.05) is 6.07 Å². The van der Waals surface area contributed by atoms with Crippen LogP contribution < -0.4 is 23.5 Å². The summed E-state index contributed by atoms with van der Waals surface area (Å²) in [7, 11) is 0. The Morgan fingerprint density at radius 2 is 1.94 bits per heavy atom. The quantitative estimate of drug-likeness (QED) is 0.380. The van der Waals surface area contributed by atoms with Crippen molar-refractivity contribution in [2.75, 3.05) is 11.6 Å². The van der Waals surface area contributed by atoms with Gasteiger partial charge >= 0.3 is 5.97 Å². The van der Waals surface area contributed by atoms with Crippen molar-refractivity contribution in [3.05, 3.63) is 35.9 Å². The largest absolute Gasteiger partial charge is 1.00 e. The van der Waals surface area contributed by atoms with Crippen molar-refractivity contribution in [1.82, 2.24) is 5.32 Å². The second-order valence-electron chi connectivity index (χ2n) is 3.42. The number of carboxylic acids is 1. The number of amides is 1. The van der Waals surface area contributed by atoms with E-state index in [0.29, 0.717) is 17.2 Å². The molecule has 18 heavy (non-hydrogen) atoms.